The van der Waals surface area contributed by atoms with Crippen molar-refractivity contribution in [1.82, 2.24) is 5.32 Å². The van der Waals surface area contributed by atoms with E-state index in [1.54, 1.807) is 6.20 Å². The monoisotopic (exact) mass is 169 g/mol. The van der Waals surface area contributed by atoms with Crippen molar-refractivity contribution in [2.24, 2.45) is 0 Å². The van der Waals surface area contributed by atoms with E-state index in [2.05, 4.69) is 12.2 Å². The topological polar surface area (TPSA) is 29.1 Å². The van der Waals surface area contributed by atoms with Gasteiger partial charge in [-0.15, -0.1) is 0 Å². The molecular formula is C10H19NO. The lowest BCUT2D eigenvalue weighted by molar-refractivity contribution is -0.118. The van der Waals surface area contributed by atoms with Crippen LogP contribution in [0.2, 0.25) is 0 Å². The molecule has 0 aliphatic rings. The summed E-state index contributed by atoms with van der Waals surface area (Å²) in [4.78, 5) is 10.4. The van der Waals surface area contributed by atoms with Crippen molar-refractivity contribution < 1.29 is 4.79 Å². The van der Waals surface area contributed by atoms with Crippen molar-refractivity contribution in [1.29, 1.82) is 0 Å². The van der Waals surface area contributed by atoms with Gasteiger partial charge in [0.15, 0.2) is 0 Å². The highest BCUT2D eigenvalue weighted by molar-refractivity contribution is 5.73. The van der Waals surface area contributed by atoms with Gasteiger partial charge in [0, 0.05) is 6.92 Å². The van der Waals surface area contributed by atoms with Crippen molar-refractivity contribution >= 4 is 5.91 Å². The van der Waals surface area contributed by atoms with Gasteiger partial charge in [-0.2, -0.15) is 0 Å². The van der Waals surface area contributed by atoms with Crippen LogP contribution in [0.3, 0.4) is 0 Å². The molecular weight excluding hydrogens is 150 g/mol. The van der Waals surface area contributed by atoms with Gasteiger partial charge >= 0.3 is 0 Å². The molecule has 0 saturated carbocycles. The number of hydrogen-bond acceptors (Lipinski definition) is 1. The van der Waals surface area contributed by atoms with Crippen LogP contribution in [0.4, 0.5) is 0 Å². The number of amides is 1. The zero-order valence-corrected chi connectivity index (χ0v) is 8.10. The summed E-state index contributed by atoms with van der Waals surface area (Å²) < 4.78 is 0. The first-order valence-corrected chi connectivity index (χ1v) is 4.69. The first-order valence-electron chi connectivity index (χ1n) is 4.69. The van der Waals surface area contributed by atoms with Crippen LogP contribution in [0.1, 0.15) is 46.0 Å². The van der Waals surface area contributed by atoms with E-state index in [1.165, 1.54) is 32.6 Å². The summed E-state index contributed by atoms with van der Waals surface area (Å²) in [7, 11) is 0. The molecule has 0 aromatic heterocycles. The van der Waals surface area contributed by atoms with Crippen LogP contribution >= 0.6 is 0 Å². The summed E-state index contributed by atoms with van der Waals surface area (Å²) in [5.41, 5.74) is 0. The molecule has 0 atom stereocenters. The third-order valence-electron chi connectivity index (χ3n) is 1.63. The largest absolute Gasteiger partial charge is 0.333 e. The molecule has 0 fully saturated rings. The number of nitrogens with one attached hydrogen (secondary N) is 1. The number of allylic oxidation sites excluding steroid dienone is 1. The van der Waals surface area contributed by atoms with Gasteiger partial charge in [0.1, 0.15) is 0 Å². The van der Waals surface area contributed by atoms with E-state index in [-0.39, 0.29) is 5.91 Å². The molecule has 2 nitrogen and oxygen atoms in total. The molecule has 0 aliphatic heterocycles. The van der Waals surface area contributed by atoms with Gasteiger partial charge in [0.25, 0.3) is 0 Å². The average molecular weight is 169 g/mol. The molecule has 70 valence electrons. The van der Waals surface area contributed by atoms with E-state index in [1.807, 2.05) is 6.08 Å². The molecule has 2 heteroatoms. The second kappa shape index (κ2) is 8.31. The van der Waals surface area contributed by atoms with Crippen molar-refractivity contribution in [2.45, 2.75) is 46.0 Å². The van der Waals surface area contributed by atoms with Gasteiger partial charge in [-0.05, 0) is 19.0 Å². The zero-order chi connectivity index (χ0) is 9.23. The molecule has 12 heavy (non-hydrogen) atoms. The highest BCUT2D eigenvalue weighted by Gasteiger charge is 1.85. The standard InChI is InChI=1S/C10H19NO/c1-3-4-5-6-7-8-9-11-10(2)12/h8-9H,3-7H2,1-2H3,(H,11,12). The molecule has 0 aromatic carbocycles. The Morgan fingerprint density at radius 1 is 1.33 bits per heavy atom. The molecule has 0 spiro atoms. The fourth-order valence-electron chi connectivity index (χ4n) is 0.949. The van der Waals surface area contributed by atoms with Crippen molar-refractivity contribution in [2.75, 3.05) is 0 Å². The van der Waals surface area contributed by atoms with Crippen LogP contribution in [0.25, 0.3) is 0 Å². The number of hydrogen-bond donors (Lipinski definition) is 1. The van der Waals surface area contributed by atoms with Gasteiger partial charge in [-0.25, -0.2) is 0 Å². The maximum absolute atomic E-state index is 10.4. The highest BCUT2D eigenvalue weighted by atomic mass is 16.1. The minimum Gasteiger partial charge on any atom is -0.333 e. The van der Waals surface area contributed by atoms with Crippen molar-refractivity contribution in [3.63, 3.8) is 0 Å². The van der Waals surface area contributed by atoms with Crippen molar-refractivity contribution in [3.8, 4) is 0 Å². The molecule has 1 amide bonds. The Kier molecular flexibility index (Phi) is 7.76. The lowest BCUT2D eigenvalue weighted by Crippen LogP contribution is -2.11. The summed E-state index contributed by atoms with van der Waals surface area (Å²) in [6.07, 6.45) is 9.92. The maximum Gasteiger partial charge on any atom is 0.220 e. The predicted octanol–water partition coefficient (Wildman–Crippen LogP) is 2.61. The highest BCUT2D eigenvalue weighted by Crippen LogP contribution is 2.02. The van der Waals surface area contributed by atoms with Crippen LogP contribution in [-0.2, 0) is 4.79 Å². The van der Waals surface area contributed by atoms with E-state index in [0.29, 0.717) is 0 Å². The van der Waals surface area contributed by atoms with Crippen LogP contribution in [-0.4, -0.2) is 5.91 Å². The van der Waals surface area contributed by atoms with E-state index in [9.17, 15) is 4.79 Å². The molecule has 0 bridgehead atoms. The van der Waals surface area contributed by atoms with E-state index < -0.39 is 0 Å². The van der Waals surface area contributed by atoms with Crippen LogP contribution in [0.5, 0.6) is 0 Å². The normalized spacial score (nSPS) is 10.5. The summed E-state index contributed by atoms with van der Waals surface area (Å²) >= 11 is 0. The van der Waals surface area contributed by atoms with Gasteiger partial charge in [-0.1, -0.05) is 32.3 Å². The first-order chi connectivity index (χ1) is 5.77. The minimum absolute atomic E-state index is 0.000178. The molecule has 0 aliphatic carbocycles. The average Bonchev–Trinajstić information content (AvgIpc) is 2.02. The van der Waals surface area contributed by atoms with Crippen LogP contribution in [0.15, 0.2) is 12.3 Å². The Balaban J connectivity index is 3.08. The third-order valence-corrected chi connectivity index (χ3v) is 1.63. The number of rotatable bonds is 6. The fourth-order valence-corrected chi connectivity index (χ4v) is 0.949. The molecule has 0 unspecified atom stereocenters. The van der Waals surface area contributed by atoms with Gasteiger partial charge in [0.2, 0.25) is 5.91 Å². The SMILES string of the molecule is CCCCCCC=CNC(C)=O. The zero-order valence-electron chi connectivity index (χ0n) is 8.10. The van der Waals surface area contributed by atoms with E-state index in [4.69, 9.17) is 0 Å². The van der Waals surface area contributed by atoms with Gasteiger partial charge in [0.05, 0.1) is 0 Å². The Morgan fingerprint density at radius 3 is 2.67 bits per heavy atom. The number of carbonyl (C=O) groups is 1. The van der Waals surface area contributed by atoms with Crippen LogP contribution < -0.4 is 5.32 Å². The number of unbranched alkanes of at least 4 members (excludes halogenated alkanes) is 4. The van der Waals surface area contributed by atoms with Gasteiger partial charge in [-0.3, -0.25) is 4.79 Å². The third kappa shape index (κ3) is 9.21. The molecule has 1 N–H and O–H groups in total. The Hall–Kier alpha value is -0.790. The first kappa shape index (κ1) is 11.2. The summed E-state index contributed by atoms with van der Waals surface area (Å²) in [6, 6.07) is 0. The fraction of sp³-hybridized carbons (Fsp3) is 0.700. The maximum atomic E-state index is 10.4. The van der Waals surface area contributed by atoms with Crippen LogP contribution in [0, 0.1) is 0 Å². The lowest BCUT2D eigenvalue weighted by atomic mass is 10.1. The molecule has 0 radical (unpaired) electrons. The lowest BCUT2D eigenvalue weighted by Gasteiger charge is -1.94. The minimum atomic E-state index is -0.000178. The summed E-state index contributed by atoms with van der Waals surface area (Å²) in [6.45, 7) is 3.72. The summed E-state index contributed by atoms with van der Waals surface area (Å²) in [5.74, 6) is -0.000178. The smallest absolute Gasteiger partial charge is 0.220 e. The van der Waals surface area contributed by atoms with Gasteiger partial charge < -0.3 is 5.32 Å². The molecule has 0 rings (SSSR count). The molecule has 0 heterocycles. The van der Waals surface area contributed by atoms with E-state index in [0.717, 1.165) is 6.42 Å². The number of carbonyl (C=O) groups excluding carboxylic acids is 1. The predicted molar refractivity (Wildman–Crippen MR) is 51.7 cm³/mol. The Bertz CT molecular complexity index is 141. The Labute approximate surface area is 75.0 Å². The quantitative estimate of drug-likeness (QED) is 0.608. The molecule has 0 aromatic rings. The summed E-state index contributed by atoms with van der Waals surface area (Å²) in [5, 5.41) is 2.62. The second-order valence-corrected chi connectivity index (χ2v) is 2.95. The Morgan fingerprint density at radius 2 is 2.08 bits per heavy atom. The van der Waals surface area contributed by atoms with Crippen molar-refractivity contribution in [3.05, 3.63) is 12.3 Å². The molecule has 0 saturated heterocycles. The second-order valence-electron chi connectivity index (χ2n) is 2.95. The van der Waals surface area contributed by atoms with E-state index >= 15 is 0 Å².